The van der Waals surface area contributed by atoms with Crippen LogP contribution in [-0.4, -0.2) is 15.0 Å². The van der Waals surface area contributed by atoms with Gasteiger partial charge in [-0.05, 0) is 59.7 Å². The molecule has 0 amide bonds. The van der Waals surface area contributed by atoms with E-state index in [0.717, 1.165) is 38.6 Å². The van der Waals surface area contributed by atoms with Crippen molar-refractivity contribution in [3.8, 4) is 45.3 Å². The molecule has 0 radical (unpaired) electrons. The molecule has 0 saturated carbocycles. The van der Waals surface area contributed by atoms with Crippen molar-refractivity contribution in [2.45, 2.75) is 0 Å². The topological polar surface area (TPSA) is 51.8 Å². The fourth-order valence-electron chi connectivity index (χ4n) is 7.27. The zero-order valence-electron chi connectivity index (χ0n) is 27.0. The van der Waals surface area contributed by atoms with Crippen LogP contribution in [0.4, 0.5) is 0 Å². The van der Waals surface area contributed by atoms with E-state index in [0.29, 0.717) is 17.5 Å². The minimum absolute atomic E-state index is 0.608. The molecule has 11 rings (SSSR count). The van der Waals surface area contributed by atoms with Crippen LogP contribution in [0.15, 0.2) is 156 Å². The quantitative estimate of drug-likeness (QED) is 0.185. The number of hydrogen-bond donors (Lipinski definition) is 0. The van der Waals surface area contributed by atoms with Gasteiger partial charge in [0.2, 0.25) is 0 Å². The van der Waals surface area contributed by atoms with E-state index in [1.807, 2.05) is 41.7 Å². The highest BCUT2D eigenvalue weighted by molar-refractivity contribution is 7.26. The second-order valence-electron chi connectivity index (χ2n) is 12.8. The summed E-state index contributed by atoms with van der Waals surface area (Å²) in [5.74, 6) is 1.90. The largest absolute Gasteiger partial charge is 0.456 e. The molecular weight excluding hydrogens is 663 g/mol. The summed E-state index contributed by atoms with van der Waals surface area (Å²) in [6, 6.07) is 53.2. The van der Waals surface area contributed by atoms with Gasteiger partial charge in [0, 0.05) is 67.8 Å². The molecule has 0 spiro atoms. The fraction of sp³-hybridized carbons (Fsp3) is 0. The van der Waals surface area contributed by atoms with Crippen LogP contribution in [0.2, 0.25) is 0 Å². The Hall–Kier alpha value is -6.21. The number of thiophene rings is 2. The number of rotatable bonds is 4. The first-order valence-corrected chi connectivity index (χ1v) is 18.5. The number of benzene rings is 7. The lowest BCUT2D eigenvalue weighted by atomic mass is 10.0. The maximum atomic E-state index is 6.47. The number of aromatic nitrogens is 3. The number of fused-ring (bicyclic) bond motifs is 9. The second-order valence-corrected chi connectivity index (χ2v) is 14.9. The van der Waals surface area contributed by atoms with E-state index in [-0.39, 0.29) is 0 Å². The van der Waals surface area contributed by atoms with E-state index < -0.39 is 0 Å². The Labute approximate surface area is 299 Å². The van der Waals surface area contributed by atoms with Crippen molar-refractivity contribution < 1.29 is 4.42 Å². The van der Waals surface area contributed by atoms with Crippen molar-refractivity contribution in [3.63, 3.8) is 0 Å². The molecule has 238 valence electrons. The summed E-state index contributed by atoms with van der Waals surface area (Å²) in [6.07, 6.45) is 0. The van der Waals surface area contributed by atoms with Crippen molar-refractivity contribution in [3.05, 3.63) is 152 Å². The van der Waals surface area contributed by atoms with Gasteiger partial charge in [0.1, 0.15) is 11.2 Å². The molecule has 0 N–H and O–H groups in total. The van der Waals surface area contributed by atoms with E-state index in [4.69, 9.17) is 19.4 Å². The van der Waals surface area contributed by atoms with E-state index >= 15 is 0 Å². The number of hydrogen-bond acceptors (Lipinski definition) is 6. The van der Waals surface area contributed by atoms with Crippen molar-refractivity contribution in [1.82, 2.24) is 15.0 Å². The summed E-state index contributed by atoms with van der Waals surface area (Å²) in [7, 11) is 0. The molecule has 51 heavy (non-hydrogen) atoms. The molecule has 7 aromatic carbocycles. The predicted molar refractivity (Wildman–Crippen MR) is 215 cm³/mol. The van der Waals surface area contributed by atoms with E-state index in [1.54, 1.807) is 11.3 Å². The Bertz CT molecular complexity index is 3160. The maximum Gasteiger partial charge on any atom is 0.165 e. The Morgan fingerprint density at radius 3 is 1.84 bits per heavy atom. The summed E-state index contributed by atoms with van der Waals surface area (Å²) in [4.78, 5) is 15.2. The van der Waals surface area contributed by atoms with E-state index in [2.05, 4.69) is 121 Å². The van der Waals surface area contributed by atoms with Crippen LogP contribution < -0.4 is 0 Å². The average Bonchev–Trinajstić information content (AvgIpc) is 3.88. The Kier molecular flexibility index (Phi) is 6.26. The molecule has 6 heteroatoms. The lowest BCUT2D eigenvalue weighted by Gasteiger charge is -2.09. The Balaban J connectivity index is 1.04. The van der Waals surface area contributed by atoms with Gasteiger partial charge in [0.25, 0.3) is 0 Å². The average molecular weight is 688 g/mol. The Morgan fingerprint density at radius 1 is 0.353 bits per heavy atom. The van der Waals surface area contributed by atoms with Gasteiger partial charge in [-0.2, -0.15) is 0 Å². The predicted octanol–water partition coefficient (Wildman–Crippen LogP) is 13.2. The normalized spacial score (nSPS) is 11.9. The van der Waals surface area contributed by atoms with Crippen LogP contribution in [0.3, 0.4) is 0 Å². The van der Waals surface area contributed by atoms with Crippen molar-refractivity contribution in [2.24, 2.45) is 0 Å². The van der Waals surface area contributed by atoms with Gasteiger partial charge in [-0.1, -0.05) is 103 Å². The molecule has 0 fully saturated rings. The van der Waals surface area contributed by atoms with Crippen molar-refractivity contribution in [1.29, 1.82) is 0 Å². The molecular formula is C45H25N3OS2. The van der Waals surface area contributed by atoms with Gasteiger partial charge in [-0.3, -0.25) is 0 Å². The van der Waals surface area contributed by atoms with Crippen molar-refractivity contribution >= 4 is 85.0 Å². The first kappa shape index (κ1) is 28.6. The standard InChI is InChI=1S/C45H25N3OS2/c1-2-9-26(10-3-1)43-46-44(48-45(47-43)35-14-8-13-34-32-12-5-7-16-40(32)51-42(34)35)29-18-20-30-36-23-27(19-22-37(36)49-38(30)24-29)28-17-21-33-31-11-4-6-15-39(31)50-41(33)25-28/h1-25H. The third-order valence-corrected chi connectivity index (χ3v) is 12.1. The van der Waals surface area contributed by atoms with Crippen LogP contribution in [-0.2, 0) is 0 Å². The zero-order chi connectivity index (χ0) is 33.5. The lowest BCUT2D eigenvalue weighted by Crippen LogP contribution is -2.00. The first-order valence-electron chi connectivity index (χ1n) is 16.8. The van der Waals surface area contributed by atoms with E-state index in [9.17, 15) is 0 Å². The van der Waals surface area contributed by atoms with Gasteiger partial charge < -0.3 is 4.42 Å². The van der Waals surface area contributed by atoms with Gasteiger partial charge >= 0.3 is 0 Å². The van der Waals surface area contributed by atoms with Gasteiger partial charge in [0.15, 0.2) is 17.5 Å². The molecule has 4 heterocycles. The fourth-order valence-corrected chi connectivity index (χ4v) is 9.62. The SMILES string of the molecule is c1ccc(-c2nc(-c3ccc4c(c3)oc3ccc(-c5ccc6c(c5)sc5ccccc56)cc34)nc(-c3cccc4c3sc3ccccc34)n2)cc1. The molecule has 4 nitrogen and oxygen atoms in total. The summed E-state index contributed by atoms with van der Waals surface area (Å²) in [5.41, 5.74) is 6.83. The smallest absolute Gasteiger partial charge is 0.165 e. The van der Waals surface area contributed by atoms with Crippen molar-refractivity contribution in [2.75, 3.05) is 0 Å². The second kappa shape index (κ2) is 11.2. The lowest BCUT2D eigenvalue weighted by molar-refractivity contribution is 0.669. The molecule has 0 aliphatic rings. The monoisotopic (exact) mass is 687 g/mol. The van der Waals surface area contributed by atoms with Crippen LogP contribution in [0.25, 0.3) is 108 Å². The molecule has 0 bridgehead atoms. The molecule has 0 aliphatic heterocycles. The summed E-state index contributed by atoms with van der Waals surface area (Å²) in [6.45, 7) is 0. The molecule has 0 aliphatic carbocycles. The van der Waals surface area contributed by atoms with Crippen LogP contribution >= 0.6 is 22.7 Å². The number of furan rings is 1. The van der Waals surface area contributed by atoms with Gasteiger partial charge in [0.05, 0.1) is 0 Å². The third kappa shape index (κ3) is 4.61. The maximum absolute atomic E-state index is 6.47. The van der Waals surface area contributed by atoms with Crippen LogP contribution in [0.5, 0.6) is 0 Å². The highest BCUT2D eigenvalue weighted by atomic mass is 32.1. The highest BCUT2D eigenvalue weighted by Gasteiger charge is 2.18. The molecule has 0 saturated heterocycles. The van der Waals surface area contributed by atoms with E-state index in [1.165, 1.54) is 51.5 Å². The van der Waals surface area contributed by atoms with Crippen LogP contribution in [0, 0.1) is 0 Å². The van der Waals surface area contributed by atoms with Crippen LogP contribution in [0.1, 0.15) is 0 Å². The molecule has 0 unspecified atom stereocenters. The highest BCUT2D eigenvalue weighted by Crippen LogP contribution is 2.41. The zero-order valence-corrected chi connectivity index (χ0v) is 28.6. The summed E-state index contributed by atoms with van der Waals surface area (Å²) in [5, 5.41) is 7.22. The summed E-state index contributed by atoms with van der Waals surface area (Å²) < 4.78 is 11.5. The molecule has 11 aromatic rings. The molecule has 0 atom stereocenters. The van der Waals surface area contributed by atoms with Gasteiger partial charge in [-0.15, -0.1) is 22.7 Å². The summed E-state index contributed by atoms with van der Waals surface area (Å²) >= 11 is 3.62. The minimum atomic E-state index is 0.608. The Morgan fingerprint density at radius 2 is 0.980 bits per heavy atom. The first-order chi connectivity index (χ1) is 25.2. The van der Waals surface area contributed by atoms with Gasteiger partial charge in [-0.25, -0.2) is 15.0 Å². The number of nitrogens with zero attached hydrogens (tertiary/aromatic N) is 3. The third-order valence-electron chi connectivity index (χ3n) is 9.75. The molecule has 4 aromatic heterocycles. The minimum Gasteiger partial charge on any atom is -0.456 e.